The van der Waals surface area contributed by atoms with Gasteiger partial charge in [0.1, 0.15) is 0 Å². The molecule has 0 amide bonds. The molecule has 1 aromatic rings. The van der Waals surface area contributed by atoms with Crippen molar-refractivity contribution in [2.75, 3.05) is 7.11 Å². The third-order valence-electron chi connectivity index (χ3n) is 3.03. The average Bonchev–Trinajstić information content (AvgIpc) is 2.21. The normalized spacial score (nSPS) is 29.9. The molecule has 3 atom stereocenters. The summed E-state index contributed by atoms with van der Waals surface area (Å²) in [5.74, 6) is 0.813. The fourth-order valence-electron chi connectivity index (χ4n) is 2.22. The van der Waals surface area contributed by atoms with Crippen LogP contribution in [0.4, 0.5) is 0 Å². The lowest BCUT2D eigenvalue weighted by atomic mass is 9.67. The summed E-state index contributed by atoms with van der Waals surface area (Å²) in [7, 11) is 1.68. The van der Waals surface area contributed by atoms with Gasteiger partial charge < -0.3 is 10.5 Å². The van der Waals surface area contributed by atoms with Gasteiger partial charge in [-0.25, -0.2) is 0 Å². The van der Waals surface area contributed by atoms with Crippen molar-refractivity contribution in [1.82, 2.24) is 0 Å². The van der Waals surface area contributed by atoms with Crippen molar-refractivity contribution in [3.05, 3.63) is 41.5 Å². The van der Waals surface area contributed by atoms with Crippen LogP contribution in [0.3, 0.4) is 0 Å². The first-order chi connectivity index (χ1) is 7.22. The van der Waals surface area contributed by atoms with E-state index in [9.17, 15) is 0 Å². The summed E-state index contributed by atoms with van der Waals surface area (Å²) in [6, 6.07) is 8.14. The predicted molar refractivity (Wildman–Crippen MR) is 61.6 cm³/mol. The molecule has 1 fully saturated rings. The van der Waals surface area contributed by atoms with E-state index in [1.54, 1.807) is 7.11 Å². The van der Waals surface area contributed by atoms with Crippen LogP contribution in [0.5, 0.6) is 0 Å². The van der Waals surface area contributed by atoms with E-state index in [0.29, 0.717) is 11.8 Å². The maximum Gasteiger partial charge on any atom is 0.0870 e. The van der Waals surface area contributed by atoms with Crippen LogP contribution in [0.15, 0.2) is 24.3 Å². The second-order valence-corrected chi connectivity index (χ2v) is 4.45. The standard InChI is InChI=1S/C12H15ClNO/c1-15-7-9-6-11(14)12(9)8-2-4-10(13)5-3-8/h2-5,7,9,11-12H,6,14H2,1H3. The molecule has 0 spiro atoms. The van der Waals surface area contributed by atoms with Crippen LogP contribution in [-0.2, 0) is 4.74 Å². The van der Waals surface area contributed by atoms with Crippen molar-refractivity contribution in [1.29, 1.82) is 0 Å². The van der Waals surface area contributed by atoms with E-state index in [-0.39, 0.29) is 6.04 Å². The third-order valence-corrected chi connectivity index (χ3v) is 3.28. The minimum Gasteiger partial charge on any atom is -0.378 e. The highest BCUT2D eigenvalue weighted by Crippen LogP contribution is 2.43. The molecule has 0 saturated heterocycles. The minimum atomic E-state index is 0.238. The van der Waals surface area contributed by atoms with Gasteiger partial charge in [-0.3, -0.25) is 0 Å². The van der Waals surface area contributed by atoms with Crippen molar-refractivity contribution >= 4 is 11.6 Å². The maximum atomic E-state index is 6.00. The van der Waals surface area contributed by atoms with Gasteiger partial charge in [-0.15, -0.1) is 0 Å². The highest BCUT2D eigenvalue weighted by Gasteiger charge is 2.39. The number of nitrogens with two attached hydrogens (primary N) is 1. The first-order valence-corrected chi connectivity index (χ1v) is 5.47. The first kappa shape index (κ1) is 10.9. The zero-order chi connectivity index (χ0) is 10.8. The van der Waals surface area contributed by atoms with E-state index >= 15 is 0 Å². The lowest BCUT2D eigenvalue weighted by Gasteiger charge is -2.42. The van der Waals surface area contributed by atoms with Crippen molar-refractivity contribution in [2.24, 2.45) is 11.7 Å². The fourth-order valence-corrected chi connectivity index (χ4v) is 2.35. The van der Waals surface area contributed by atoms with Crippen molar-refractivity contribution < 1.29 is 4.74 Å². The summed E-state index contributed by atoms with van der Waals surface area (Å²) >= 11 is 5.85. The summed E-state index contributed by atoms with van der Waals surface area (Å²) < 4.78 is 5.06. The van der Waals surface area contributed by atoms with Gasteiger partial charge in [0.2, 0.25) is 0 Å². The third kappa shape index (κ3) is 2.17. The molecule has 1 aliphatic rings. The molecule has 15 heavy (non-hydrogen) atoms. The van der Waals surface area contributed by atoms with Gasteiger partial charge in [0.25, 0.3) is 0 Å². The van der Waals surface area contributed by atoms with Crippen molar-refractivity contribution in [3.8, 4) is 0 Å². The van der Waals surface area contributed by atoms with Crippen LogP contribution in [-0.4, -0.2) is 13.2 Å². The lowest BCUT2D eigenvalue weighted by molar-refractivity contribution is 0.137. The Morgan fingerprint density at radius 2 is 2.07 bits per heavy atom. The summed E-state index contributed by atoms with van der Waals surface area (Å²) in [5.41, 5.74) is 7.25. The molecular formula is C12H15ClNO. The smallest absolute Gasteiger partial charge is 0.0870 e. The highest BCUT2D eigenvalue weighted by atomic mass is 35.5. The molecule has 1 aromatic carbocycles. The first-order valence-electron chi connectivity index (χ1n) is 5.09. The monoisotopic (exact) mass is 224 g/mol. The maximum absolute atomic E-state index is 6.00. The van der Waals surface area contributed by atoms with E-state index in [1.807, 2.05) is 30.9 Å². The van der Waals surface area contributed by atoms with E-state index < -0.39 is 0 Å². The molecule has 0 bridgehead atoms. The van der Waals surface area contributed by atoms with Crippen LogP contribution in [0, 0.1) is 12.5 Å². The summed E-state index contributed by atoms with van der Waals surface area (Å²) in [5, 5.41) is 0.763. The molecule has 1 radical (unpaired) electrons. The van der Waals surface area contributed by atoms with E-state index in [4.69, 9.17) is 22.1 Å². The summed E-state index contributed by atoms with van der Waals surface area (Å²) in [4.78, 5) is 0. The Morgan fingerprint density at radius 1 is 1.40 bits per heavy atom. The molecule has 3 heteroatoms. The summed E-state index contributed by atoms with van der Waals surface area (Å²) in [6.45, 7) is 1.88. The number of halogens is 1. The zero-order valence-corrected chi connectivity index (χ0v) is 9.45. The molecule has 0 heterocycles. The molecule has 81 valence electrons. The summed E-state index contributed by atoms with van der Waals surface area (Å²) in [6.07, 6.45) is 1.00. The Kier molecular flexibility index (Phi) is 3.29. The van der Waals surface area contributed by atoms with Crippen molar-refractivity contribution in [3.63, 3.8) is 0 Å². The number of methoxy groups -OCH3 is 1. The highest BCUT2D eigenvalue weighted by molar-refractivity contribution is 6.30. The second-order valence-electron chi connectivity index (χ2n) is 4.01. The number of hydrogen-bond acceptors (Lipinski definition) is 2. The number of hydrogen-bond donors (Lipinski definition) is 1. The molecular weight excluding hydrogens is 210 g/mol. The minimum absolute atomic E-state index is 0.238. The fraction of sp³-hybridized carbons (Fsp3) is 0.417. The molecule has 0 aromatic heterocycles. The van der Waals surface area contributed by atoms with Crippen LogP contribution in [0.1, 0.15) is 17.9 Å². The molecule has 1 saturated carbocycles. The van der Waals surface area contributed by atoms with Gasteiger partial charge in [-0.1, -0.05) is 23.7 Å². The quantitative estimate of drug-likeness (QED) is 0.857. The SMILES string of the molecule is CO[CH]C1CC(N)C1c1ccc(Cl)cc1. The van der Waals surface area contributed by atoms with Crippen LogP contribution in [0.2, 0.25) is 5.02 Å². The topological polar surface area (TPSA) is 35.2 Å². The lowest BCUT2D eigenvalue weighted by Crippen LogP contribution is -2.45. The molecule has 2 nitrogen and oxygen atoms in total. The number of ether oxygens (including phenoxy) is 1. The Morgan fingerprint density at radius 3 is 2.60 bits per heavy atom. The number of rotatable bonds is 3. The van der Waals surface area contributed by atoms with Gasteiger partial charge >= 0.3 is 0 Å². The van der Waals surface area contributed by atoms with Gasteiger partial charge in [-0.2, -0.15) is 0 Å². The van der Waals surface area contributed by atoms with Gasteiger partial charge in [0, 0.05) is 24.1 Å². The van der Waals surface area contributed by atoms with E-state index in [1.165, 1.54) is 5.56 Å². The molecule has 0 aliphatic heterocycles. The Balaban J connectivity index is 2.11. The molecule has 1 aliphatic carbocycles. The largest absolute Gasteiger partial charge is 0.378 e. The van der Waals surface area contributed by atoms with Crippen LogP contribution in [0.25, 0.3) is 0 Å². The second kappa shape index (κ2) is 4.52. The predicted octanol–water partition coefficient (Wildman–Crippen LogP) is 2.58. The molecule has 3 unspecified atom stereocenters. The Labute approximate surface area is 95.4 Å². The van der Waals surface area contributed by atoms with E-state index in [0.717, 1.165) is 11.4 Å². The van der Waals surface area contributed by atoms with Crippen LogP contribution >= 0.6 is 11.6 Å². The number of benzene rings is 1. The van der Waals surface area contributed by atoms with E-state index in [2.05, 4.69) is 0 Å². The Bertz CT molecular complexity index is 323. The van der Waals surface area contributed by atoms with Gasteiger partial charge in [-0.05, 0) is 30.0 Å². The van der Waals surface area contributed by atoms with Gasteiger partial charge in [0.05, 0.1) is 6.61 Å². The molecule has 2 N–H and O–H groups in total. The zero-order valence-electron chi connectivity index (χ0n) is 8.69. The Hall–Kier alpha value is -0.570. The average molecular weight is 225 g/mol. The van der Waals surface area contributed by atoms with Crippen molar-refractivity contribution in [2.45, 2.75) is 18.4 Å². The molecule has 2 rings (SSSR count). The van der Waals surface area contributed by atoms with Crippen LogP contribution < -0.4 is 5.73 Å². The van der Waals surface area contributed by atoms with Gasteiger partial charge in [0.15, 0.2) is 0 Å².